The van der Waals surface area contributed by atoms with Crippen LogP contribution in [0, 0.1) is 0 Å². The first-order valence-corrected chi connectivity index (χ1v) is 9.79. The van der Waals surface area contributed by atoms with Crippen LogP contribution < -0.4 is 10.6 Å². The van der Waals surface area contributed by atoms with Gasteiger partial charge in [-0.2, -0.15) is 4.98 Å². The highest BCUT2D eigenvalue weighted by Gasteiger charge is 2.26. The van der Waals surface area contributed by atoms with Gasteiger partial charge >= 0.3 is 0 Å². The van der Waals surface area contributed by atoms with Crippen LogP contribution in [0.2, 0.25) is 0 Å². The third kappa shape index (κ3) is 5.68. The summed E-state index contributed by atoms with van der Waals surface area (Å²) in [5, 5.41) is 10.4. The predicted molar refractivity (Wildman–Crippen MR) is 109 cm³/mol. The van der Waals surface area contributed by atoms with Crippen molar-refractivity contribution in [2.45, 2.75) is 30.8 Å². The molecular formula is C18H26ClN5O2S. The number of likely N-dealkylation sites (N-methyl/N-ethyl adjacent to an activating group) is 1. The highest BCUT2D eigenvalue weighted by molar-refractivity contribution is 8.00. The van der Waals surface area contributed by atoms with Crippen molar-refractivity contribution in [2.24, 2.45) is 0 Å². The van der Waals surface area contributed by atoms with Gasteiger partial charge in [0.25, 0.3) is 5.89 Å². The second kappa shape index (κ2) is 10.1. The lowest BCUT2D eigenvalue weighted by Crippen LogP contribution is -2.44. The molecule has 2 N–H and O–H groups in total. The molecular weight excluding hydrogens is 386 g/mol. The molecule has 1 aromatic heterocycles. The summed E-state index contributed by atoms with van der Waals surface area (Å²) in [5.74, 6) is 1.55. The molecule has 1 unspecified atom stereocenters. The van der Waals surface area contributed by atoms with Gasteiger partial charge in [-0.15, -0.1) is 24.2 Å². The zero-order chi connectivity index (χ0) is 18.5. The van der Waals surface area contributed by atoms with E-state index in [0.717, 1.165) is 30.1 Å². The number of thioether (sulfide) groups is 1. The average Bonchev–Trinajstić information content (AvgIpc) is 3.10. The molecule has 1 saturated heterocycles. The summed E-state index contributed by atoms with van der Waals surface area (Å²) < 4.78 is 5.53. The fourth-order valence-electron chi connectivity index (χ4n) is 2.85. The van der Waals surface area contributed by atoms with Crippen molar-refractivity contribution in [3.05, 3.63) is 30.1 Å². The van der Waals surface area contributed by atoms with E-state index in [-0.39, 0.29) is 30.4 Å². The molecule has 0 spiro atoms. The van der Waals surface area contributed by atoms with E-state index in [0.29, 0.717) is 17.5 Å². The van der Waals surface area contributed by atoms with E-state index in [4.69, 9.17) is 4.52 Å². The lowest BCUT2D eigenvalue weighted by Gasteiger charge is -2.30. The Morgan fingerprint density at radius 2 is 2.22 bits per heavy atom. The summed E-state index contributed by atoms with van der Waals surface area (Å²) in [6, 6.07) is 8.05. The third-order valence-corrected chi connectivity index (χ3v) is 5.25. The van der Waals surface area contributed by atoms with Crippen molar-refractivity contribution in [2.75, 3.05) is 32.4 Å². The van der Waals surface area contributed by atoms with Gasteiger partial charge in [-0.25, -0.2) is 0 Å². The molecule has 148 valence electrons. The highest BCUT2D eigenvalue weighted by Crippen LogP contribution is 2.31. The summed E-state index contributed by atoms with van der Waals surface area (Å²) in [7, 11) is 2.07. The van der Waals surface area contributed by atoms with E-state index in [1.165, 1.54) is 11.8 Å². The maximum atomic E-state index is 11.9. The minimum absolute atomic E-state index is 0. The van der Waals surface area contributed by atoms with Gasteiger partial charge < -0.3 is 15.2 Å². The maximum Gasteiger partial charge on any atom is 0.259 e. The molecule has 9 heteroatoms. The monoisotopic (exact) mass is 411 g/mol. The van der Waals surface area contributed by atoms with Crippen molar-refractivity contribution >= 4 is 30.1 Å². The molecule has 0 aliphatic carbocycles. The molecule has 1 fully saturated rings. The number of piperazine rings is 1. The Bertz CT molecular complexity index is 755. The van der Waals surface area contributed by atoms with Gasteiger partial charge in [0.1, 0.15) is 0 Å². The van der Waals surface area contributed by atoms with Crippen LogP contribution in [0.5, 0.6) is 0 Å². The quantitative estimate of drug-likeness (QED) is 0.706. The summed E-state index contributed by atoms with van der Waals surface area (Å²) in [6.07, 6.45) is 0. The van der Waals surface area contributed by atoms with E-state index >= 15 is 0 Å². The van der Waals surface area contributed by atoms with Crippen LogP contribution in [0.4, 0.5) is 0 Å². The van der Waals surface area contributed by atoms with Crippen LogP contribution in [0.1, 0.15) is 25.7 Å². The smallest absolute Gasteiger partial charge is 0.259 e. The molecule has 3 rings (SSSR count). The van der Waals surface area contributed by atoms with Gasteiger partial charge in [0.2, 0.25) is 5.91 Å². The summed E-state index contributed by atoms with van der Waals surface area (Å²) in [4.78, 5) is 19.7. The minimum atomic E-state index is 0. The van der Waals surface area contributed by atoms with Crippen LogP contribution in [-0.2, 0) is 4.79 Å². The number of aromatic nitrogens is 2. The summed E-state index contributed by atoms with van der Waals surface area (Å²) >= 11 is 1.47. The number of amides is 1. The zero-order valence-corrected chi connectivity index (χ0v) is 17.4. The van der Waals surface area contributed by atoms with Crippen LogP contribution in [-0.4, -0.2) is 59.4 Å². The number of carbonyl (C=O) groups excluding carboxylic acids is 1. The van der Waals surface area contributed by atoms with Gasteiger partial charge in [-0.05, 0) is 33.0 Å². The van der Waals surface area contributed by atoms with Gasteiger partial charge in [0.15, 0.2) is 5.82 Å². The molecule has 1 atom stereocenters. The Kier molecular flexibility index (Phi) is 8.09. The Balaban J connectivity index is 0.00000261. The molecule has 27 heavy (non-hydrogen) atoms. The third-order valence-electron chi connectivity index (χ3n) is 4.18. The first kappa shape index (κ1) is 21.7. The Hall–Kier alpha value is -1.61. The van der Waals surface area contributed by atoms with Crippen molar-refractivity contribution in [3.63, 3.8) is 0 Å². The van der Waals surface area contributed by atoms with Crippen molar-refractivity contribution in [1.29, 1.82) is 0 Å². The molecule has 7 nitrogen and oxygen atoms in total. The average molecular weight is 412 g/mol. The molecule has 1 aliphatic rings. The second-order valence-corrected chi connectivity index (χ2v) is 7.68. The van der Waals surface area contributed by atoms with Crippen LogP contribution in [0.3, 0.4) is 0 Å². The van der Waals surface area contributed by atoms with E-state index in [1.54, 1.807) is 0 Å². The second-order valence-electron chi connectivity index (χ2n) is 6.67. The largest absolute Gasteiger partial charge is 0.353 e. The van der Waals surface area contributed by atoms with Crippen molar-refractivity contribution in [1.82, 2.24) is 25.7 Å². The summed E-state index contributed by atoms with van der Waals surface area (Å²) in [6.45, 7) is 6.63. The van der Waals surface area contributed by atoms with E-state index in [9.17, 15) is 4.79 Å². The lowest BCUT2D eigenvalue weighted by molar-refractivity contribution is -0.119. The lowest BCUT2D eigenvalue weighted by atomic mass is 10.2. The molecule has 0 saturated carbocycles. The number of rotatable bonds is 6. The number of benzene rings is 1. The number of nitrogens with zero attached hydrogens (tertiary/aromatic N) is 3. The van der Waals surface area contributed by atoms with Gasteiger partial charge in [-0.3, -0.25) is 9.69 Å². The highest BCUT2D eigenvalue weighted by atomic mass is 35.5. The van der Waals surface area contributed by atoms with Crippen LogP contribution in [0.15, 0.2) is 33.7 Å². The molecule has 1 aliphatic heterocycles. The minimum Gasteiger partial charge on any atom is -0.353 e. The van der Waals surface area contributed by atoms with Crippen LogP contribution in [0.25, 0.3) is 11.5 Å². The van der Waals surface area contributed by atoms with Gasteiger partial charge in [-0.1, -0.05) is 17.3 Å². The fraction of sp³-hybridized carbons (Fsp3) is 0.500. The predicted octanol–water partition coefficient (Wildman–Crippen LogP) is 2.35. The SMILES string of the molecule is CC(C)NC(=O)CSc1ccccc1-c1nc(C2CNCCN2C)no1.Cl. The molecule has 2 heterocycles. The van der Waals surface area contributed by atoms with Crippen LogP contribution >= 0.6 is 24.2 Å². The number of hydrogen-bond donors (Lipinski definition) is 2. The molecule has 1 aromatic carbocycles. The topological polar surface area (TPSA) is 83.3 Å². The Morgan fingerprint density at radius 3 is 2.96 bits per heavy atom. The van der Waals surface area contributed by atoms with Crippen molar-refractivity contribution in [3.8, 4) is 11.5 Å². The zero-order valence-electron chi connectivity index (χ0n) is 15.8. The van der Waals surface area contributed by atoms with Crippen molar-refractivity contribution < 1.29 is 9.32 Å². The number of halogens is 1. The fourth-order valence-corrected chi connectivity index (χ4v) is 3.71. The standard InChI is InChI=1S/C18H25N5O2S.ClH/c1-12(2)20-16(24)11-26-15-7-5-4-6-13(15)18-21-17(22-25-18)14-10-19-8-9-23(14)3;/h4-7,12,14,19H,8-11H2,1-3H3,(H,20,24);1H. The van der Waals surface area contributed by atoms with E-state index in [1.807, 2.05) is 38.1 Å². The number of hydrogen-bond acceptors (Lipinski definition) is 7. The number of carbonyl (C=O) groups is 1. The molecule has 0 bridgehead atoms. The Labute approximate surface area is 170 Å². The van der Waals surface area contributed by atoms with E-state index in [2.05, 4.69) is 32.7 Å². The first-order valence-electron chi connectivity index (χ1n) is 8.80. The molecule has 1 amide bonds. The maximum absolute atomic E-state index is 11.9. The number of nitrogens with one attached hydrogen (secondary N) is 2. The molecule has 0 radical (unpaired) electrons. The summed E-state index contributed by atoms with van der Waals surface area (Å²) in [5.41, 5.74) is 0.861. The first-order chi connectivity index (χ1) is 12.5. The van der Waals surface area contributed by atoms with E-state index < -0.39 is 0 Å². The normalized spacial score (nSPS) is 17.6. The van der Waals surface area contributed by atoms with Gasteiger partial charge in [0.05, 0.1) is 17.4 Å². The molecule has 2 aromatic rings. The van der Waals surface area contributed by atoms with Gasteiger partial charge in [0, 0.05) is 30.6 Å². The Morgan fingerprint density at radius 1 is 1.44 bits per heavy atom.